The minimum atomic E-state index is -0.276. The number of nitrogens with zero attached hydrogens (tertiary/aromatic N) is 2. The third-order valence-electron chi connectivity index (χ3n) is 5.40. The van der Waals surface area contributed by atoms with Crippen molar-refractivity contribution in [3.05, 3.63) is 140 Å². The van der Waals surface area contributed by atoms with Crippen molar-refractivity contribution >= 4 is 0 Å². The van der Waals surface area contributed by atoms with Crippen LogP contribution in [0.15, 0.2) is 101 Å². The van der Waals surface area contributed by atoms with E-state index in [1.54, 1.807) is 4.57 Å². The maximum Gasteiger partial charge on any atom is 0.331 e. The van der Waals surface area contributed by atoms with Crippen molar-refractivity contribution in [1.82, 2.24) is 9.13 Å². The van der Waals surface area contributed by atoms with E-state index < -0.39 is 0 Å². The molecule has 30 heavy (non-hydrogen) atoms. The normalized spacial score (nSPS) is 10.8. The summed E-state index contributed by atoms with van der Waals surface area (Å²) in [6, 6.07) is 29.4. The number of hydrogen-bond acceptors (Lipinski definition) is 2. The van der Waals surface area contributed by atoms with Crippen molar-refractivity contribution in [2.24, 2.45) is 0 Å². The molecule has 0 bridgehead atoms. The lowest BCUT2D eigenvalue weighted by atomic mass is 10.0. The molecule has 4 rings (SSSR count). The first-order valence-electron chi connectivity index (χ1n) is 10.1. The van der Waals surface area contributed by atoms with E-state index in [1.807, 2.05) is 97.9 Å². The van der Waals surface area contributed by atoms with Crippen LogP contribution in [0.2, 0.25) is 0 Å². The summed E-state index contributed by atoms with van der Waals surface area (Å²) in [5.74, 6) is 0. The Morgan fingerprint density at radius 1 is 0.600 bits per heavy atom. The van der Waals surface area contributed by atoms with Gasteiger partial charge in [0.25, 0.3) is 5.56 Å². The van der Waals surface area contributed by atoms with E-state index >= 15 is 0 Å². The minimum Gasteiger partial charge on any atom is -0.293 e. The van der Waals surface area contributed by atoms with Gasteiger partial charge in [-0.3, -0.25) is 13.9 Å². The highest BCUT2D eigenvalue weighted by molar-refractivity contribution is 5.29. The summed E-state index contributed by atoms with van der Waals surface area (Å²) in [5.41, 5.74) is 3.90. The van der Waals surface area contributed by atoms with Gasteiger partial charge in [0.2, 0.25) is 0 Å². The van der Waals surface area contributed by atoms with Gasteiger partial charge in [-0.25, -0.2) is 4.79 Å². The first-order chi connectivity index (χ1) is 14.6. The second-order valence-corrected chi connectivity index (χ2v) is 7.46. The molecule has 0 fully saturated rings. The topological polar surface area (TPSA) is 44.0 Å². The lowest BCUT2D eigenvalue weighted by Gasteiger charge is -2.18. The van der Waals surface area contributed by atoms with Gasteiger partial charge < -0.3 is 0 Å². The Bertz CT molecular complexity index is 1160. The quantitative estimate of drug-likeness (QED) is 0.494. The summed E-state index contributed by atoms with van der Waals surface area (Å²) in [6.45, 7) is 2.56. The summed E-state index contributed by atoms with van der Waals surface area (Å²) in [5, 5.41) is 0. The van der Waals surface area contributed by atoms with Crippen molar-refractivity contribution < 1.29 is 0 Å². The fourth-order valence-electron chi connectivity index (χ4n) is 3.72. The monoisotopic (exact) mass is 396 g/mol. The average Bonchev–Trinajstić information content (AvgIpc) is 2.79. The predicted molar refractivity (Wildman–Crippen MR) is 120 cm³/mol. The van der Waals surface area contributed by atoms with E-state index in [9.17, 15) is 9.59 Å². The Morgan fingerprint density at radius 3 is 1.53 bits per heavy atom. The maximum absolute atomic E-state index is 13.4. The highest BCUT2D eigenvalue weighted by Gasteiger charge is 2.17. The first-order valence-corrected chi connectivity index (χ1v) is 10.1. The molecule has 1 aromatic heterocycles. The van der Waals surface area contributed by atoms with Crippen molar-refractivity contribution in [1.29, 1.82) is 0 Å². The predicted octanol–water partition coefficient (Wildman–Crippen LogP) is 4.01. The van der Waals surface area contributed by atoms with E-state index in [0.717, 1.165) is 22.4 Å². The zero-order chi connectivity index (χ0) is 20.9. The average molecular weight is 396 g/mol. The molecule has 0 aliphatic rings. The van der Waals surface area contributed by atoms with Gasteiger partial charge in [-0.1, -0.05) is 91.0 Å². The molecule has 0 saturated carbocycles. The molecule has 0 amide bonds. The van der Waals surface area contributed by atoms with Gasteiger partial charge in [-0.05, 0) is 23.6 Å². The second-order valence-electron chi connectivity index (χ2n) is 7.46. The molecule has 0 atom stereocenters. The lowest BCUT2D eigenvalue weighted by molar-refractivity contribution is 0.587. The van der Waals surface area contributed by atoms with E-state index in [2.05, 4.69) is 0 Å². The van der Waals surface area contributed by atoms with Crippen molar-refractivity contribution in [3.63, 3.8) is 0 Å². The molecule has 0 radical (unpaired) electrons. The fraction of sp³-hybridized carbons (Fsp3) is 0.154. The molecular weight excluding hydrogens is 372 g/mol. The third kappa shape index (κ3) is 4.18. The highest BCUT2D eigenvalue weighted by Crippen LogP contribution is 2.12. The van der Waals surface area contributed by atoms with Crippen LogP contribution in [0.5, 0.6) is 0 Å². The zero-order valence-corrected chi connectivity index (χ0v) is 17.0. The number of rotatable bonds is 6. The summed E-state index contributed by atoms with van der Waals surface area (Å²) in [6.07, 6.45) is 0.495. The molecule has 4 heteroatoms. The van der Waals surface area contributed by atoms with Crippen molar-refractivity contribution in [2.75, 3.05) is 0 Å². The summed E-state index contributed by atoms with van der Waals surface area (Å²) >= 11 is 0. The van der Waals surface area contributed by atoms with Crippen LogP contribution in [-0.4, -0.2) is 9.13 Å². The van der Waals surface area contributed by atoms with E-state index in [-0.39, 0.29) is 17.8 Å². The minimum absolute atomic E-state index is 0.213. The van der Waals surface area contributed by atoms with Crippen LogP contribution in [0, 0.1) is 6.92 Å². The molecule has 1 heterocycles. The Balaban J connectivity index is 1.86. The molecule has 0 aliphatic heterocycles. The van der Waals surface area contributed by atoms with Gasteiger partial charge in [0.1, 0.15) is 0 Å². The molecular formula is C26H24N2O2. The Labute approximate surface area is 175 Å². The van der Waals surface area contributed by atoms with Crippen LogP contribution in [0.3, 0.4) is 0 Å². The van der Waals surface area contributed by atoms with Crippen molar-refractivity contribution in [3.8, 4) is 0 Å². The maximum atomic E-state index is 13.4. The Morgan fingerprint density at radius 2 is 1.03 bits per heavy atom. The van der Waals surface area contributed by atoms with Crippen LogP contribution in [0.1, 0.15) is 27.9 Å². The van der Waals surface area contributed by atoms with Gasteiger partial charge in [0.15, 0.2) is 0 Å². The SMILES string of the molecule is Cc1c(Cc2ccccc2)c(=O)n(Cc2ccccc2)c(=O)n1Cc1ccccc1. The molecule has 0 unspecified atom stereocenters. The number of hydrogen-bond donors (Lipinski definition) is 0. The standard InChI is InChI=1S/C26H24N2O2/c1-20-24(17-21-11-5-2-6-12-21)25(29)28(19-23-15-9-4-10-16-23)26(30)27(20)18-22-13-7-3-8-14-22/h2-16H,17-19H2,1H3. The number of aromatic nitrogens is 2. The molecule has 150 valence electrons. The van der Waals surface area contributed by atoms with Crippen LogP contribution >= 0.6 is 0 Å². The molecule has 0 spiro atoms. The van der Waals surface area contributed by atoms with Crippen LogP contribution in [-0.2, 0) is 19.5 Å². The Kier molecular flexibility index (Phi) is 5.75. The largest absolute Gasteiger partial charge is 0.331 e. The molecule has 0 saturated heterocycles. The van der Waals surface area contributed by atoms with Gasteiger partial charge in [-0.15, -0.1) is 0 Å². The molecule has 4 nitrogen and oxygen atoms in total. The van der Waals surface area contributed by atoms with Gasteiger partial charge in [0.05, 0.1) is 13.1 Å². The van der Waals surface area contributed by atoms with Gasteiger partial charge in [-0.2, -0.15) is 0 Å². The van der Waals surface area contributed by atoms with Gasteiger partial charge >= 0.3 is 5.69 Å². The summed E-state index contributed by atoms with van der Waals surface area (Å²) in [7, 11) is 0. The second kappa shape index (κ2) is 8.78. The van der Waals surface area contributed by atoms with Crippen LogP contribution in [0.4, 0.5) is 0 Å². The molecule has 0 aliphatic carbocycles. The molecule has 3 aromatic carbocycles. The third-order valence-corrected chi connectivity index (χ3v) is 5.40. The summed E-state index contributed by atoms with van der Waals surface area (Å²) < 4.78 is 3.08. The van der Waals surface area contributed by atoms with Crippen LogP contribution < -0.4 is 11.2 Å². The smallest absolute Gasteiger partial charge is 0.293 e. The van der Waals surface area contributed by atoms with Gasteiger partial charge in [0, 0.05) is 17.7 Å². The fourth-order valence-corrected chi connectivity index (χ4v) is 3.72. The highest BCUT2D eigenvalue weighted by atomic mass is 16.2. The number of benzene rings is 3. The molecule has 0 N–H and O–H groups in total. The van der Waals surface area contributed by atoms with E-state index in [0.29, 0.717) is 18.5 Å². The zero-order valence-electron chi connectivity index (χ0n) is 17.0. The Hall–Kier alpha value is -3.66. The molecule has 4 aromatic rings. The lowest BCUT2D eigenvalue weighted by Crippen LogP contribution is -2.43. The van der Waals surface area contributed by atoms with E-state index in [4.69, 9.17) is 0 Å². The summed E-state index contributed by atoms with van der Waals surface area (Å²) in [4.78, 5) is 26.7. The van der Waals surface area contributed by atoms with Crippen molar-refractivity contribution in [2.45, 2.75) is 26.4 Å². The first kappa shape index (κ1) is 19.6. The van der Waals surface area contributed by atoms with E-state index in [1.165, 1.54) is 4.57 Å². The van der Waals surface area contributed by atoms with Crippen LogP contribution in [0.25, 0.3) is 0 Å².